The molecule has 122 valence electrons. The average molecular weight is 306 g/mol. The van der Waals surface area contributed by atoms with E-state index in [9.17, 15) is 9.18 Å². The van der Waals surface area contributed by atoms with E-state index in [-0.39, 0.29) is 11.7 Å². The molecule has 0 radical (unpaired) electrons. The molecular weight excluding hydrogens is 279 g/mol. The van der Waals surface area contributed by atoms with Crippen molar-refractivity contribution in [3.8, 4) is 0 Å². The van der Waals surface area contributed by atoms with Crippen LogP contribution in [0.2, 0.25) is 0 Å². The molecule has 1 heterocycles. The zero-order valence-electron chi connectivity index (χ0n) is 13.7. The summed E-state index contributed by atoms with van der Waals surface area (Å²) in [7, 11) is 0. The van der Waals surface area contributed by atoms with Crippen LogP contribution in [-0.2, 0) is 11.2 Å². The van der Waals surface area contributed by atoms with E-state index in [1.165, 1.54) is 6.07 Å². The van der Waals surface area contributed by atoms with E-state index >= 15 is 0 Å². The van der Waals surface area contributed by atoms with Gasteiger partial charge in [-0.25, -0.2) is 4.39 Å². The maximum atomic E-state index is 13.2. The fourth-order valence-electron chi connectivity index (χ4n) is 3.21. The van der Waals surface area contributed by atoms with Gasteiger partial charge in [-0.05, 0) is 69.8 Å². The van der Waals surface area contributed by atoms with Crippen LogP contribution in [0.15, 0.2) is 24.3 Å². The molecule has 1 aliphatic rings. The lowest BCUT2D eigenvalue weighted by atomic mass is 9.90. The predicted molar refractivity (Wildman–Crippen MR) is 87.2 cm³/mol. The van der Waals surface area contributed by atoms with Crippen LogP contribution < -0.4 is 0 Å². The lowest BCUT2D eigenvalue weighted by molar-refractivity contribution is -0.132. The third kappa shape index (κ3) is 4.80. The molecular formula is C18H27FN2O. The largest absolute Gasteiger partial charge is 0.342 e. The number of likely N-dealkylation sites (N-methyl/N-ethyl adjacent to an activating group) is 1. The van der Waals surface area contributed by atoms with E-state index in [0.29, 0.717) is 12.5 Å². The summed E-state index contributed by atoms with van der Waals surface area (Å²) >= 11 is 0. The van der Waals surface area contributed by atoms with Gasteiger partial charge in [0.25, 0.3) is 0 Å². The van der Waals surface area contributed by atoms with Crippen molar-refractivity contribution >= 4 is 5.91 Å². The van der Waals surface area contributed by atoms with Crippen molar-refractivity contribution in [2.75, 3.05) is 32.7 Å². The molecule has 0 saturated carbocycles. The van der Waals surface area contributed by atoms with Gasteiger partial charge in [-0.2, -0.15) is 0 Å². The summed E-state index contributed by atoms with van der Waals surface area (Å²) in [4.78, 5) is 16.3. The van der Waals surface area contributed by atoms with E-state index in [4.69, 9.17) is 0 Å². The number of carbonyl (C=O) groups is 1. The Bertz CT molecular complexity index is 480. The molecule has 0 N–H and O–H groups in total. The van der Waals surface area contributed by atoms with Crippen LogP contribution in [0.1, 0.15) is 32.3 Å². The maximum Gasteiger partial charge on any atom is 0.236 e. The van der Waals surface area contributed by atoms with Gasteiger partial charge in [-0.3, -0.25) is 9.69 Å². The van der Waals surface area contributed by atoms with E-state index < -0.39 is 0 Å². The summed E-state index contributed by atoms with van der Waals surface area (Å²) in [5.41, 5.74) is 1.08. The zero-order valence-corrected chi connectivity index (χ0v) is 13.7. The highest BCUT2D eigenvalue weighted by molar-refractivity contribution is 5.78. The van der Waals surface area contributed by atoms with E-state index in [2.05, 4.69) is 4.90 Å². The maximum absolute atomic E-state index is 13.2. The molecule has 22 heavy (non-hydrogen) atoms. The Hall–Kier alpha value is -1.42. The molecule has 0 unspecified atom stereocenters. The summed E-state index contributed by atoms with van der Waals surface area (Å²) in [5, 5.41) is 0. The van der Waals surface area contributed by atoms with Crippen molar-refractivity contribution in [2.45, 2.75) is 33.1 Å². The fraction of sp³-hybridized carbons (Fsp3) is 0.611. The van der Waals surface area contributed by atoms with Crippen LogP contribution >= 0.6 is 0 Å². The first-order valence-corrected chi connectivity index (χ1v) is 8.37. The van der Waals surface area contributed by atoms with Gasteiger partial charge in [-0.15, -0.1) is 0 Å². The van der Waals surface area contributed by atoms with Gasteiger partial charge >= 0.3 is 0 Å². The number of hydrogen-bond donors (Lipinski definition) is 0. The topological polar surface area (TPSA) is 23.6 Å². The van der Waals surface area contributed by atoms with Crippen molar-refractivity contribution in [1.29, 1.82) is 0 Å². The second kappa shape index (κ2) is 8.28. The summed E-state index contributed by atoms with van der Waals surface area (Å²) < 4.78 is 13.2. The quantitative estimate of drug-likeness (QED) is 0.807. The minimum Gasteiger partial charge on any atom is -0.342 e. The minimum absolute atomic E-state index is 0.153. The number of likely N-dealkylation sites (tertiary alicyclic amines) is 1. The molecule has 3 nitrogen and oxygen atoms in total. The Morgan fingerprint density at radius 3 is 2.55 bits per heavy atom. The molecule has 0 bridgehead atoms. The number of piperidine rings is 1. The molecule has 0 aliphatic carbocycles. The second-order valence-corrected chi connectivity index (χ2v) is 6.12. The Labute approximate surface area is 133 Å². The van der Waals surface area contributed by atoms with Gasteiger partial charge < -0.3 is 4.90 Å². The number of amides is 1. The van der Waals surface area contributed by atoms with Crippen LogP contribution in [0.4, 0.5) is 4.39 Å². The summed E-state index contributed by atoms with van der Waals surface area (Å²) in [6, 6.07) is 6.91. The smallest absolute Gasteiger partial charge is 0.236 e. The molecule has 1 amide bonds. The molecule has 2 rings (SSSR count). The first-order valence-electron chi connectivity index (χ1n) is 8.37. The highest BCUT2D eigenvalue weighted by Gasteiger charge is 2.22. The molecule has 1 saturated heterocycles. The summed E-state index contributed by atoms with van der Waals surface area (Å²) in [5.74, 6) is 0.676. The Balaban J connectivity index is 1.77. The second-order valence-electron chi connectivity index (χ2n) is 6.12. The SMILES string of the molecule is CCN(CC)C(=O)CN1CCC(Cc2cccc(F)c2)CC1. The molecule has 0 spiro atoms. The summed E-state index contributed by atoms with van der Waals surface area (Å²) in [6.07, 6.45) is 3.11. The van der Waals surface area contributed by atoms with E-state index in [1.54, 1.807) is 12.1 Å². The molecule has 1 aromatic carbocycles. The van der Waals surface area contributed by atoms with E-state index in [0.717, 1.165) is 51.0 Å². The Morgan fingerprint density at radius 1 is 1.27 bits per heavy atom. The molecule has 0 aromatic heterocycles. The third-order valence-corrected chi connectivity index (χ3v) is 4.60. The van der Waals surface area contributed by atoms with Gasteiger partial charge in [0, 0.05) is 13.1 Å². The number of rotatable bonds is 6. The van der Waals surface area contributed by atoms with Gasteiger partial charge in [0.15, 0.2) is 0 Å². The van der Waals surface area contributed by atoms with Crippen molar-refractivity contribution in [3.63, 3.8) is 0 Å². The van der Waals surface area contributed by atoms with Crippen LogP contribution in [0, 0.1) is 11.7 Å². The molecule has 4 heteroatoms. The van der Waals surface area contributed by atoms with Gasteiger partial charge in [0.2, 0.25) is 5.91 Å². The van der Waals surface area contributed by atoms with Gasteiger partial charge in [-0.1, -0.05) is 12.1 Å². The van der Waals surface area contributed by atoms with Crippen LogP contribution in [-0.4, -0.2) is 48.4 Å². The normalized spacial score (nSPS) is 16.7. The number of carbonyl (C=O) groups excluding carboxylic acids is 1. The molecule has 1 aliphatic heterocycles. The molecule has 1 aromatic rings. The lowest BCUT2D eigenvalue weighted by Gasteiger charge is -2.33. The monoisotopic (exact) mass is 306 g/mol. The van der Waals surface area contributed by atoms with Crippen molar-refractivity contribution < 1.29 is 9.18 Å². The zero-order chi connectivity index (χ0) is 15.9. The van der Waals surface area contributed by atoms with Crippen LogP contribution in [0.25, 0.3) is 0 Å². The average Bonchev–Trinajstić information content (AvgIpc) is 2.50. The van der Waals surface area contributed by atoms with Gasteiger partial charge in [0.05, 0.1) is 6.54 Å². The fourth-order valence-corrected chi connectivity index (χ4v) is 3.21. The number of benzene rings is 1. The van der Waals surface area contributed by atoms with Crippen molar-refractivity contribution in [3.05, 3.63) is 35.6 Å². The first kappa shape index (κ1) is 16.9. The van der Waals surface area contributed by atoms with Crippen LogP contribution in [0.5, 0.6) is 0 Å². The molecule has 1 fully saturated rings. The number of hydrogen-bond acceptors (Lipinski definition) is 2. The Morgan fingerprint density at radius 2 is 1.95 bits per heavy atom. The van der Waals surface area contributed by atoms with Crippen molar-refractivity contribution in [2.24, 2.45) is 5.92 Å². The standard InChI is InChI=1S/C18H27FN2O/c1-3-21(4-2)18(22)14-20-10-8-15(9-11-20)12-16-6-5-7-17(19)13-16/h5-7,13,15H,3-4,8-12,14H2,1-2H3. The van der Waals surface area contributed by atoms with Crippen LogP contribution in [0.3, 0.4) is 0 Å². The number of halogens is 1. The highest BCUT2D eigenvalue weighted by Crippen LogP contribution is 2.22. The van der Waals surface area contributed by atoms with Crippen molar-refractivity contribution in [1.82, 2.24) is 9.80 Å². The van der Waals surface area contributed by atoms with Gasteiger partial charge in [0.1, 0.15) is 5.82 Å². The number of nitrogens with zero attached hydrogens (tertiary/aromatic N) is 2. The minimum atomic E-state index is -0.153. The lowest BCUT2D eigenvalue weighted by Crippen LogP contribution is -2.43. The highest BCUT2D eigenvalue weighted by atomic mass is 19.1. The predicted octanol–water partition coefficient (Wildman–Crippen LogP) is 2.95. The Kier molecular flexibility index (Phi) is 6.37. The molecule has 0 atom stereocenters. The third-order valence-electron chi connectivity index (χ3n) is 4.60. The van der Waals surface area contributed by atoms with E-state index in [1.807, 2.05) is 24.8 Å². The summed E-state index contributed by atoms with van der Waals surface area (Å²) in [6.45, 7) is 8.07. The first-order chi connectivity index (χ1) is 10.6.